The van der Waals surface area contributed by atoms with Crippen molar-refractivity contribution in [2.24, 2.45) is 5.92 Å². The quantitative estimate of drug-likeness (QED) is 0.790. The molecule has 0 bridgehead atoms. The number of aliphatic hydroxyl groups excluding tert-OH is 1. The molecule has 0 unspecified atom stereocenters. The van der Waals surface area contributed by atoms with Gasteiger partial charge in [-0.15, -0.1) is 0 Å². The summed E-state index contributed by atoms with van der Waals surface area (Å²) in [7, 11) is 0. The van der Waals surface area contributed by atoms with Crippen LogP contribution < -0.4 is 4.74 Å². The molecule has 1 aliphatic carbocycles. The van der Waals surface area contributed by atoms with Gasteiger partial charge in [0.25, 0.3) is 0 Å². The normalized spacial score (nSPS) is 18.5. The van der Waals surface area contributed by atoms with Crippen LogP contribution in [0.2, 0.25) is 0 Å². The van der Waals surface area contributed by atoms with Crippen LogP contribution in [-0.2, 0) is 0 Å². The second kappa shape index (κ2) is 8.25. The number of hydrogen-bond acceptors (Lipinski definition) is 3. The third-order valence-corrected chi connectivity index (χ3v) is 4.09. The topological polar surface area (TPSA) is 42.4 Å². The van der Waals surface area contributed by atoms with Gasteiger partial charge < -0.3 is 9.84 Å². The fourth-order valence-corrected chi connectivity index (χ4v) is 2.85. The summed E-state index contributed by atoms with van der Waals surface area (Å²) < 4.78 is 5.85. The first kappa shape index (κ1) is 15.3. The van der Waals surface area contributed by atoms with Crippen molar-refractivity contribution in [3.8, 4) is 5.88 Å². The largest absolute Gasteiger partial charge is 0.477 e. The van der Waals surface area contributed by atoms with E-state index < -0.39 is 6.10 Å². The van der Waals surface area contributed by atoms with E-state index in [1.165, 1.54) is 38.5 Å². The lowest BCUT2D eigenvalue weighted by atomic mass is 10.0. The van der Waals surface area contributed by atoms with Crippen molar-refractivity contribution in [3.05, 3.63) is 23.9 Å². The molecular weight excluding hydrogens is 250 g/mol. The summed E-state index contributed by atoms with van der Waals surface area (Å²) in [5.41, 5.74) is 0.727. The Morgan fingerprint density at radius 2 is 2.00 bits per heavy atom. The molecule has 0 saturated heterocycles. The molecule has 3 nitrogen and oxygen atoms in total. The summed E-state index contributed by atoms with van der Waals surface area (Å²) in [5.74, 6) is 1.32. The fourth-order valence-electron chi connectivity index (χ4n) is 2.85. The molecule has 112 valence electrons. The van der Waals surface area contributed by atoms with Crippen LogP contribution in [0.5, 0.6) is 5.88 Å². The predicted molar refractivity (Wildman–Crippen MR) is 80.8 cm³/mol. The smallest absolute Gasteiger partial charge is 0.213 e. The van der Waals surface area contributed by atoms with Crippen LogP contribution in [-0.4, -0.2) is 16.7 Å². The molecule has 1 heterocycles. The molecule has 0 radical (unpaired) electrons. The van der Waals surface area contributed by atoms with E-state index in [0.717, 1.165) is 25.1 Å². The van der Waals surface area contributed by atoms with Gasteiger partial charge in [0.05, 0.1) is 18.4 Å². The number of aromatic nitrogens is 1. The standard InChI is InChI=1S/C17H27NO2/c1-2-8-16(19)15-11-7-12-17(18-15)20-13-14-9-5-3-4-6-10-14/h7,11-12,14,16,19H,2-6,8-10,13H2,1H3/t16-/m1/s1. The van der Waals surface area contributed by atoms with Crippen LogP contribution in [0.25, 0.3) is 0 Å². The second-order valence-electron chi connectivity index (χ2n) is 5.87. The molecule has 1 aromatic rings. The summed E-state index contributed by atoms with van der Waals surface area (Å²) in [6.45, 7) is 2.83. The molecule has 1 aromatic heterocycles. The Morgan fingerprint density at radius 1 is 1.25 bits per heavy atom. The zero-order chi connectivity index (χ0) is 14.2. The first-order valence-corrected chi connectivity index (χ1v) is 8.07. The molecule has 0 amide bonds. The minimum Gasteiger partial charge on any atom is -0.477 e. The van der Waals surface area contributed by atoms with Crippen LogP contribution >= 0.6 is 0 Å². The van der Waals surface area contributed by atoms with Crippen molar-refractivity contribution >= 4 is 0 Å². The SMILES string of the molecule is CCC[C@@H](O)c1cccc(OCC2CCCCCC2)n1. The number of pyridine rings is 1. The molecule has 1 saturated carbocycles. The molecular formula is C17H27NO2. The minimum absolute atomic E-state index is 0.471. The highest BCUT2D eigenvalue weighted by molar-refractivity contribution is 5.17. The van der Waals surface area contributed by atoms with Gasteiger partial charge in [0, 0.05) is 6.07 Å². The monoisotopic (exact) mass is 277 g/mol. The maximum atomic E-state index is 9.98. The van der Waals surface area contributed by atoms with E-state index in [1.807, 2.05) is 18.2 Å². The predicted octanol–water partition coefficient (Wildman–Crippen LogP) is 4.26. The fraction of sp³-hybridized carbons (Fsp3) is 0.706. The molecule has 0 spiro atoms. The third-order valence-electron chi connectivity index (χ3n) is 4.09. The van der Waals surface area contributed by atoms with Crippen LogP contribution in [0.15, 0.2) is 18.2 Å². The summed E-state index contributed by atoms with van der Waals surface area (Å²) in [5, 5.41) is 9.98. The average Bonchev–Trinajstić information content (AvgIpc) is 2.74. The van der Waals surface area contributed by atoms with Crippen molar-refractivity contribution in [2.45, 2.75) is 64.4 Å². The molecule has 2 rings (SSSR count). The van der Waals surface area contributed by atoms with Crippen LogP contribution in [0.1, 0.15) is 70.1 Å². The van der Waals surface area contributed by atoms with Gasteiger partial charge in [0.1, 0.15) is 0 Å². The van der Waals surface area contributed by atoms with Gasteiger partial charge >= 0.3 is 0 Å². The highest BCUT2D eigenvalue weighted by Gasteiger charge is 2.14. The first-order chi connectivity index (χ1) is 9.79. The highest BCUT2D eigenvalue weighted by Crippen LogP contribution is 2.24. The van der Waals surface area contributed by atoms with Gasteiger partial charge in [-0.05, 0) is 31.2 Å². The maximum absolute atomic E-state index is 9.98. The van der Waals surface area contributed by atoms with Crippen molar-refractivity contribution in [3.63, 3.8) is 0 Å². The van der Waals surface area contributed by atoms with E-state index in [1.54, 1.807) is 0 Å². The lowest BCUT2D eigenvalue weighted by Gasteiger charge is -2.15. The Labute approximate surface area is 122 Å². The van der Waals surface area contributed by atoms with E-state index in [0.29, 0.717) is 11.8 Å². The van der Waals surface area contributed by atoms with E-state index in [2.05, 4.69) is 11.9 Å². The molecule has 0 aromatic carbocycles. The van der Waals surface area contributed by atoms with E-state index >= 15 is 0 Å². The Bertz CT molecular complexity index is 386. The first-order valence-electron chi connectivity index (χ1n) is 8.07. The van der Waals surface area contributed by atoms with Crippen molar-refractivity contribution < 1.29 is 9.84 Å². The number of nitrogens with zero attached hydrogens (tertiary/aromatic N) is 1. The van der Waals surface area contributed by atoms with Crippen molar-refractivity contribution in [1.82, 2.24) is 4.98 Å². The molecule has 0 aliphatic heterocycles. The number of rotatable bonds is 6. The molecule has 1 N–H and O–H groups in total. The van der Waals surface area contributed by atoms with E-state index in [9.17, 15) is 5.11 Å². The van der Waals surface area contributed by atoms with Gasteiger partial charge in [-0.2, -0.15) is 0 Å². The van der Waals surface area contributed by atoms with Gasteiger partial charge in [-0.1, -0.05) is 45.1 Å². The minimum atomic E-state index is -0.471. The highest BCUT2D eigenvalue weighted by atomic mass is 16.5. The van der Waals surface area contributed by atoms with Crippen LogP contribution in [0.3, 0.4) is 0 Å². The Morgan fingerprint density at radius 3 is 2.70 bits per heavy atom. The van der Waals surface area contributed by atoms with Crippen molar-refractivity contribution in [2.75, 3.05) is 6.61 Å². The second-order valence-corrected chi connectivity index (χ2v) is 5.87. The lowest BCUT2D eigenvalue weighted by molar-refractivity contribution is 0.159. The van der Waals surface area contributed by atoms with Crippen LogP contribution in [0, 0.1) is 5.92 Å². The van der Waals surface area contributed by atoms with Gasteiger partial charge in [0.2, 0.25) is 5.88 Å². The molecule has 3 heteroatoms. The van der Waals surface area contributed by atoms with Gasteiger partial charge in [0.15, 0.2) is 0 Å². The summed E-state index contributed by atoms with van der Waals surface area (Å²) in [6.07, 6.45) is 9.18. The Hall–Kier alpha value is -1.09. The number of hydrogen-bond donors (Lipinski definition) is 1. The molecule has 1 atom stereocenters. The molecule has 1 fully saturated rings. The third kappa shape index (κ3) is 4.78. The number of ether oxygens (including phenoxy) is 1. The summed E-state index contributed by atoms with van der Waals surface area (Å²) >= 11 is 0. The van der Waals surface area contributed by atoms with Crippen LogP contribution in [0.4, 0.5) is 0 Å². The summed E-state index contributed by atoms with van der Waals surface area (Å²) in [6, 6.07) is 5.68. The van der Waals surface area contributed by atoms with E-state index in [4.69, 9.17) is 4.74 Å². The van der Waals surface area contributed by atoms with Gasteiger partial charge in [-0.25, -0.2) is 4.98 Å². The Kier molecular flexibility index (Phi) is 6.31. The van der Waals surface area contributed by atoms with Gasteiger partial charge in [-0.3, -0.25) is 0 Å². The lowest BCUT2D eigenvalue weighted by Crippen LogP contribution is -2.12. The Balaban J connectivity index is 1.87. The average molecular weight is 277 g/mol. The number of aliphatic hydroxyl groups is 1. The summed E-state index contributed by atoms with van der Waals surface area (Å²) in [4.78, 5) is 4.43. The maximum Gasteiger partial charge on any atom is 0.213 e. The molecule has 20 heavy (non-hydrogen) atoms. The van der Waals surface area contributed by atoms with E-state index in [-0.39, 0.29) is 0 Å². The zero-order valence-electron chi connectivity index (χ0n) is 12.6. The zero-order valence-corrected chi connectivity index (χ0v) is 12.6. The molecule has 1 aliphatic rings. The van der Waals surface area contributed by atoms with Crippen molar-refractivity contribution in [1.29, 1.82) is 0 Å².